The molecule has 0 saturated heterocycles. The van der Waals surface area contributed by atoms with Gasteiger partial charge in [0, 0.05) is 22.0 Å². The summed E-state index contributed by atoms with van der Waals surface area (Å²) < 4.78 is 22.8. The molecule has 0 aliphatic carbocycles. The average molecular weight is 545 g/mol. The Balaban J connectivity index is 1.52. The van der Waals surface area contributed by atoms with Crippen LogP contribution in [-0.2, 0) is 19.6 Å². The lowest BCUT2D eigenvalue weighted by molar-refractivity contribution is -0.120. The molecule has 9 nitrogen and oxygen atoms in total. The van der Waals surface area contributed by atoms with Gasteiger partial charge < -0.3 is 10.6 Å². The van der Waals surface area contributed by atoms with Crippen LogP contribution in [-0.4, -0.2) is 26.1 Å². The SMILES string of the molecule is Cc1ccc(N2C(=O)C(Cl)=C(Nc3cccc(C(=O)Nc4ccc(S(N)(=O)=O)cc4)c3)C2=O)cc1Cl. The second-order valence-corrected chi connectivity index (χ2v) is 10.1. The summed E-state index contributed by atoms with van der Waals surface area (Å²) in [6.07, 6.45) is 0. The second-order valence-electron chi connectivity index (χ2n) is 7.80. The van der Waals surface area contributed by atoms with E-state index < -0.39 is 27.7 Å². The number of nitrogens with one attached hydrogen (secondary N) is 2. The predicted molar refractivity (Wildman–Crippen MR) is 137 cm³/mol. The maximum absolute atomic E-state index is 13.0. The first-order valence-corrected chi connectivity index (χ1v) is 12.6. The number of aryl methyl sites for hydroxylation is 1. The molecule has 1 aliphatic heterocycles. The molecule has 0 bridgehead atoms. The topological polar surface area (TPSA) is 139 Å². The third-order valence-electron chi connectivity index (χ3n) is 5.28. The van der Waals surface area contributed by atoms with Gasteiger partial charge in [-0.2, -0.15) is 0 Å². The molecule has 12 heteroatoms. The lowest BCUT2D eigenvalue weighted by atomic mass is 10.1. The summed E-state index contributed by atoms with van der Waals surface area (Å²) in [5.41, 5.74) is 1.83. The molecule has 4 rings (SSSR count). The van der Waals surface area contributed by atoms with Crippen molar-refractivity contribution in [2.24, 2.45) is 5.14 Å². The Kier molecular flexibility index (Phi) is 6.87. The standard InChI is InChI=1S/C24H18Cl2N4O5S/c1-13-5-8-17(12-19(13)25)30-23(32)20(26)21(24(30)33)28-16-4-2-3-14(11-16)22(31)29-15-6-9-18(10-7-15)36(27,34)35/h2-12,28H,1H3,(H,29,31)(H2,27,34,35). The first kappa shape index (κ1) is 25.4. The number of nitrogens with two attached hydrogens (primary N) is 1. The minimum Gasteiger partial charge on any atom is -0.350 e. The van der Waals surface area contributed by atoms with Gasteiger partial charge in [-0.25, -0.2) is 18.5 Å². The number of imide groups is 1. The zero-order chi connectivity index (χ0) is 26.2. The molecule has 36 heavy (non-hydrogen) atoms. The van der Waals surface area contributed by atoms with Crippen molar-refractivity contribution in [2.75, 3.05) is 15.5 Å². The van der Waals surface area contributed by atoms with E-state index in [4.69, 9.17) is 28.3 Å². The Morgan fingerprint density at radius 3 is 2.25 bits per heavy atom. The van der Waals surface area contributed by atoms with Crippen LogP contribution in [0.5, 0.6) is 0 Å². The molecular formula is C24H18Cl2N4O5S. The van der Waals surface area contributed by atoms with E-state index in [1.807, 2.05) is 0 Å². The maximum atomic E-state index is 13.0. The van der Waals surface area contributed by atoms with Crippen molar-refractivity contribution in [3.05, 3.63) is 93.6 Å². The highest BCUT2D eigenvalue weighted by Gasteiger charge is 2.39. The summed E-state index contributed by atoms with van der Waals surface area (Å²) in [5.74, 6) is -1.87. The van der Waals surface area contributed by atoms with Gasteiger partial charge in [0.2, 0.25) is 10.0 Å². The number of benzene rings is 3. The summed E-state index contributed by atoms with van der Waals surface area (Å²) in [5, 5.41) is 10.6. The Labute approximate surface area is 216 Å². The summed E-state index contributed by atoms with van der Waals surface area (Å²) in [6.45, 7) is 1.79. The van der Waals surface area contributed by atoms with Gasteiger partial charge in [-0.15, -0.1) is 0 Å². The monoisotopic (exact) mass is 544 g/mol. The van der Waals surface area contributed by atoms with Gasteiger partial charge in [0.25, 0.3) is 17.7 Å². The Morgan fingerprint density at radius 2 is 1.61 bits per heavy atom. The van der Waals surface area contributed by atoms with Gasteiger partial charge >= 0.3 is 0 Å². The second kappa shape index (κ2) is 9.75. The minimum absolute atomic E-state index is 0.0884. The van der Waals surface area contributed by atoms with Gasteiger partial charge in [0.15, 0.2) is 0 Å². The zero-order valence-corrected chi connectivity index (χ0v) is 20.9. The molecule has 1 aliphatic rings. The molecule has 0 aromatic heterocycles. The molecule has 0 unspecified atom stereocenters. The number of anilines is 3. The van der Waals surface area contributed by atoms with Crippen molar-refractivity contribution >= 4 is 68.0 Å². The van der Waals surface area contributed by atoms with E-state index in [0.717, 1.165) is 10.5 Å². The summed E-state index contributed by atoms with van der Waals surface area (Å²) in [7, 11) is -3.85. The van der Waals surface area contributed by atoms with Crippen molar-refractivity contribution in [2.45, 2.75) is 11.8 Å². The van der Waals surface area contributed by atoms with Gasteiger partial charge in [0.05, 0.1) is 10.6 Å². The van der Waals surface area contributed by atoms with Crippen LogP contribution >= 0.6 is 23.2 Å². The predicted octanol–water partition coefficient (Wildman–Crippen LogP) is 3.98. The summed E-state index contributed by atoms with van der Waals surface area (Å²) in [6, 6.07) is 16.3. The van der Waals surface area contributed by atoms with Gasteiger partial charge in [0.1, 0.15) is 10.7 Å². The largest absolute Gasteiger partial charge is 0.350 e. The average Bonchev–Trinajstić information content (AvgIpc) is 3.04. The van der Waals surface area contributed by atoms with Crippen LogP contribution in [0.15, 0.2) is 82.4 Å². The number of sulfonamides is 1. The van der Waals surface area contributed by atoms with E-state index in [0.29, 0.717) is 16.4 Å². The molecule has 4 N–H and O–H groups in total. The fourth-order valence-electron chi connectivity index (χ4n) is 3.38. The van der Waals surface area contributed by atoms with Crippen molar-refractivity contribution < 1.29 is 22.8 Å². The summed E-state index contributed by atoms with van der Waals surface area (Å²) in [4.78, 5) is 39.2. The van der Waals surface area contributed by atoms with E-state index >= 15 is 0 Å². The molecule has 0 saturated carbocycles. The minimum atomic E-state index is -3.85. The fourth-order valence-corrected chi connectivity index (χ4v) is 4.28. The molecule has 0 radical (unpaired) electrons. The molecular weight excluding hydrogens is 527 g/mol. The first-order chi connectivity index (χ1) is 17.0. The van der Waals surface area contributed by atoms with E-state index in [1.165, 1.54) is 42.5 Å². The molecule has 0 fully saturated rings. The molecule has 1 heterocycles. The van der Waals surface area contributed by atoms with E-state index in [9.17, 15) is 22.8 Å². The van der Waals surface area contributed by atoms with Gasteiger partial charge in [-0.1, -0.05) is 35.3 Å². The summed E-state index contributed by atoms with van der Waals surface area (Å²) >= 11 is 12.3. The third-order valence-corrected chi connectivity index (χ3v) is 6.96. The molecule has 0 atom stereocenters. The zero-order valence-electron chi connectivity index (χ0n) is 18.6. The van der Waals surface area contributed by atoms with Crippen LogP contribution in [0.1, 0.15) is 15.9 Å². The Hall–Kier alpha value is -3.70. The van der Waals surface area contributed by atoms with Gasteiger partial charge in [-0.3, -0.25) is 14.4 Å². The number of amides is 3. The van der Waals surface area contributed by atoms with E-state index in [2.05, 4.69) is 10.6 Å². The van der Waals surface area contributed by atoms with Crippen LogP contribution in [0.3, 0.4) is 0 Å². The highest BCUT2D eigenvalue weighted by molar-refractivity contribution is 7.89. The van der Waals surface area contributed by atoms with Crippen LogP contribution in [0, 0.1) is 6.92 Å². The normalized spacial score (nSPS) is 13.8. The first-order valence-electron chi connectivity index (χ1n) is 10.3. The Morgan fingerprint density at radius 1 is 0.917 bits per heavy atom. The van der Waals surface area contributed by atoms with Crippen molar-refractivity contribution in [3.8, 4) is 0 Å². The highest BCUT2D eigenvalue weighted by atomic mass is 35.5. The van der Waals surface area contributed by atoms with Crippen molar-refractivity contribution in [1.82, 2.24) is 0 Å². The molecule has 3 aromatic carbocycles. The number of hydrogen-bond acceptors (Lipinski definition) is 6. The highest BCUT2D eigenvalue weighted by Crippen LogP contribution is 2.32. The van der Waals surface area contributed by atoms with Crippen LogP contribution in [0.4, 0.5) is 17.1 Å². The molecule has 3 aromatic rings. The lowest BCUT2D eigenvalue weighted by Crippen LogP contribution is -2.32. The van der Waals surface area contributed by atoms with Gasteiger partial charge in [-0.05, 0) is 67.1 Å². The number of rotatable bonds is 6. The van der Waals surface area contributed by atoms with Crippen molar-refractivity contribution in [1.29, 1.82) is 0 Å². The number of halogens is 2. The van der Waals surface area contributed by atoms with Crippen molar-refractivity contribution in [3.63, 3.8) is 0 Å². The number of nitrogens with zero attached hydrogens (tertiary/aromatic N) is 1. The van der Waals surface area contributed by atoms with Crippen LogP contribution in [0.2, 0.25) is 5.02 Å². The smallest absolute Gasteiger partial charge is 0.283 e. The third kappa shape index (κ3) is 5.12. The Bertz CT molecular complexity index is 1550. The number of hydrogen-bond donors (Lipinski definition) is 3. The maximum Gasteiger partial charge on any atom is 0.283 e. The molecule has 0 spiro atoms. The van der Waals surface area contributed by atoms with Crippen LogP contribution < -0.4 is 20.7 Å². The van der Waals surface area contributed by atoms with E-state index in [1.54, 1.807) is 31.2 Å². The molecule has 3 amide bonds. The lowest BCUT2D eigenvalue weighted by Gasteiger charge is -2.16. The molecule has 184 valence electrons. The number of carbonyl (C=O) groups is 3. The number of primary sulfonamides is 1. The van der Waals surface area contributed by atoms with Crippen LogP contribution in [0.25, 0.3) is 0 Å². The quantitative estimate of drug-likeness (QED) is 0.401. The fraction of sp³-hybridized carbons (Fsp3) is 0.0417. The van der Waals surface area contributed by atoms with E-state index in [-0.39, 0.29) is 26.9 Å². The number of carbonyl (C=O) groups excluding carboxylic acids is 3.